The standard InChI is InChI=1S/C13H17N3O2S/c1-4-9(14)13-16-15-12(19-13)8-6-5-7-10(17-2)11(8)18-3/h5-7,9H,4,14H2,1-3H3. The Morgan fingerprint density at radius 3 is 2.68 bits per heavy atom. The number of nitrogens with zero attached hydrogens (tertiary/aromatic N) is 2. The van der Waals surface area contributed by atoms with Crippen molar-refractivity contribution in [3.8, 4) is 22.1 Å². The van der Waals surface area contributed by atoms with Crippen LogP contribution in [0.15, 0.2) is 18.2 Å². The zero-order valence-corrected chi connectivity index (χ0v) is 12.0. The number of methoxy groups -OCH3 is 2. The smallest absolute Gasteiger partial charge is 0.171 e. The summed E-state index contributed by atoms with van der Waals surface area (Å²) in [6, 6.07) is 5.62. The molecule has 0 bridgehead atoms. The zero-order chi connectivity index (χ0) is 13.8. The van der Waals surface area contributed by atoms with Crippen LogP contribution < -0.4 is 15.2 Å². The number of para-hydroxylation sites is 1. The van der Waals surface area contributed by atoms with Gasteiger partial charge in [-0.25, -0.2) is 0 Å². The van der Waals surface area contributed by atoms with Crippen LogP contribution in [0.2, 0.25) is 0 Å². The lowest BCUT2D eigenvalue weighted by molar-refractivity contribution is 0.356. The molecule has 2 aromatic rings. The number of hydrogen-bond acceptors (Lipinski definition) is 6. The predicted octanol–water partition coefficient (Wildman–Crippen LogP) is 2.63. The van der Waals surface area contributed by atoms with Gasteiger partial charge in [0.25, 0.3) is 0 Å². The second-order valence-electron chi connectivity index (χ2n) is 4.00. The van der Waals surface area contributed by atoms with Crippen molar-refractivity contribution in [2.24, 2.45) is 5.73 Å². The minimum absolute atomic E-state index is 0.0668. The first-order valence-corrected chi connectivity index (χ1v) is 6.83. The van der Waals surface area contributed by atoms with E-state index in [0.29, 0.717) is 11.5 Å². The van der Waals surface area contributed by atoms with Crippen molar-refractivity contribution in [3.63, 3.8) is 0 Å². The third kappa shape index (κ3) is 2.69. The molecule has 0 fully saturated rings. The van der Waals surface area contributed by atoms with Crippen molar-refractivity contribution in [1.82, 2.24) is 10.2 Å². The lowest BCUT2D eigenvalue weighted by Crippen LogP contribution is -2.07. The Hall–Kier alpha value is -1.66. The van der Waals surface area contributed by atoms with Crippen molar-refractivity contribution < 1.29 is 9.47 Å². The first kappa shape index (κ1) is 13.8. The lowest BCUT2D eigenvalue weighted by atomic mass is 10.2. The van der Waals surface area contributed by atoms with Gasteiger partial charge in [-0.2, -0.15) is 0 Å². The molecule has 2 N–H and O–H groups in total. The Morgan fingerprint density at radius 2 is 2.05 bits per heavy atom. The van der Waals surface area contributed by atoms with Crippen molar-refractivity contribution in [2.45, 2.75) is 19.4 Å². The highest BCUT2D eigenvalue weighted by molar-refractivity contribution is 7.14. The molecule has 0 spiro atoms. The van der Waals surface area contributed by atoms with E-state index in [1.807, 2.05) is 25.1 Å². The third-order valence-corrected chi connectivity index (χ3v) is 3.92. The maximum atomic E-state index is 5.96. The number of ether oxygens (including phenoxy) is 2. The number of hydrogen-bond donors (Lipinski definition) is 1. The van der Waals surface area contributed by atoms with Gasteiger partial charge in [-0.05, 0) is 18.6 Å². The Morgan fingerprint density at radius 1 is 1.26 bits per heavy atom. The SMILES string of the molecule is CCC(N)c1nnc(-c2cccc(OC)c2OC)s1. The largest absolute Gasteiger partial charge is 0.493 e. The van der Waals surface area contributed by atoms with E-state index in [0.717, 1.165) is 22.0 Å². The van der Waals surface area contributed by atoms with Crippen molar-refractivity contribution in [3.05, 3.63) is 23.2 Å². The molecule has 6 heteroatoms. The summed E-state index contributed by atoms with van der Waals surface area (Å²) >= 11 is 1.48. The minimum atomic E-state index is -0.0668. The second-order valence-corrected chi connectivity index (χ2v) is 5.01. The summed E-state index contributed by atoms with van der Waals surface area (Å²) < 4.78 is 10.7. The topological polar surface area (TPSA) is 70.3 Å². The maximum absolute atomic E-state index is 5.96. The Bertz CT molecular complexity index is 557. The van der Waals surface area contributed by atoms with E-state index in [1.165, 1.54) is 11.3 Å². The molecule has 19 heavy (non-hydrogen) atoms. The monoisotopic (exact) mass is 279 g/mol. The average molecular weight is 279 g/mol. The van der Waals surface area contributed by atoms with E-state index >= 15 is 0 Å². The highest BCUT2D eigenvalue weighted by atomic mass is 32.1. The van der Waals surface area contributed by atoms with Crippen molar-refractivity contribution in [2.75, 3.05) is 14.2 Å². The highest BCUT2D eigenvalue weighted by Crippen LogP contribution is 2.39. The van der Waals surface area contributed by atoms with Gasteiger partial charge in [-0.15, -0.1) is 10.2 Å². The molecular weight excluding hydrogens is 262 g/mol. The fourth-order valence-corrected chi connectivity index (χ4v) is 2.67. The second kappa shape index (κ2) is 5.99. The van der Waals surface area contributed by atoms with Gasteiger partial charge in [0.15, 0.2) is 16.5 Å². The molecule has 5 nitrogen and oxygen atoms in total. The van der Waals surface area contributed by atoms with Crippen LogP contribution in [0.1, 0.15) is 24.4 Å². The van der Waals surface area contributed by atoms with Crippen LogP contribution in [0, 0.1) is 0 Å². The Kier molecular flexibility index (Phi) is 4.34. The number of benzene rings is 1. The molecule has 1 aromatic carbocycles. The molecule has 2 rings (SSSR count). The van der Waals surface area contributed by atoms with Gasteiger partial charge < -0.3 is 15.2 Å². The summed E-state index contributed by atoms with van der Waals surface area (Å²) in [5.41, 5.74) is 6.83. The van der Waals surface area contributed by atoms with Crippen LogP contribution in [0.3, 0.4) is 0 Å². The molecule has 0 aliphatic carbocycles. The summed E-state index contributed by atoms with van der Waals surface area (Å²) in [6.45, 7) is 2.03. The fraction of sp³-hybridized carbons (Fsp3) is 0.385. The number of rotatable bonds is 5. The first-order valence-electron chi connectivity index (χ1n) is 6.01. The van der Waals surface area contributed by atoms with Gasteiger partial charge in [0.05, 0.1) is 25.8 Å². The molecule has 0 radical (unpaired) electrons. The summed E-state index contributed by atoms with van der Waals surface area (Å²) in [5.74, 6) is 1.34. The van der Waals surface area contributed by atoms with Gasteiger partial charge in [-0.3, -0.25) is 0 Å². The maximum Gasteiger partial charge on any atom is 0.171 e. The van der Waals surface area contributed by atoms with Gasteiger partial charge >= 0.3 is 0 Å². The van der Waals surface area contributed by atoms with E-state index in [-0.39, 0.29) is 6.04 Å². The van der Waals surface area contributed by atoms with Crippen LogP contribution in [0.4, 0.5) is 0 Å². The average Bonchev–Trinajstić information content (AvgIpc) is 2.95. The molecule has 102 valence electrons. The van der Waals surface area contributed by atoms with Gasteiger partial charge in [0.2, 0.25) is 0 Å². The normalized spacial score (nSPS) is 12.2. The fourth-order valence-electron chi connectivity index (χ4n) is 1.72. The summed E-state index contributed by atoms with van der Waals surface area (Å²) in [6.07, 6.45) is 0.837. The zero-order valence-electron chi connectivity index (χ0n) is 11.2. The van der Waals surface area contributed by atoms with Crippen LogP contribution in [0.5, 0.6) is 11.5 Å². The first-order chi connectivity index (χ1) is 9.21. The molecule has 1 unspecified atom stereocenters. The Labute approximate surface area is 116 Å². The Balaban J connectivity index is 2.44. The predicted molar refractivity (Wildman–Crippen MR) is 75.7 cm³/mol. The molecule has 0 saturated carbocycles. The van der Waals surface area contributed by atoms with Crippen LogP contribution in [-0.2, 0) is 0 Å². The van der Waals surface area contributed by atoms with Gasteiger partial charge in [0.1, 0.15) is 5.01 Å². The van der Waals surface area contributed by atoms with E-state index in [1.54, 1.807) is 14.2 Å². The van der Waals surface area contributed by atoms with E-state index in [4.69, 9.17) is 15.2 Å². The van der Waals surface area contributed by atoms with E-state index in [2.05, 4.69) is 10.2 Å². The molecule has 0 aliphatic heterocycles. The quantitative estimate of drug-likeness (QED) is 0.911. The summed E-state index contributed by atoms with van der Waals surface area (Å²) in [5, 5.41) is 9.96. The number of nitrogens with two attached hydrogens (primary N) is 1. The molecule has 0 amide bonds. The van der Waals surface area contributed by atoms with Crippen molar-refractivity contribution in [1.29, 1.82) is 0 Å². The summed E-state index contributed by atoms with van der Waals surface area (Å²) in [4.78, 5) is 0. The molecule has 0 saturated heterocycles. The van der Waals surface area contributed by atoms with Gasteiger partial charge in [0, 0.05) is 0 Å². The molecule has 1 atom stereocenters. The highest BCUT2D eigenvalue weighted by Gasteiger charge is 2.17. The van der Waals surface area contributed by atoms with Gasteiger partial charge in [-0.1, -0.05) is 24.3 Å². The minimum Gasteiger partial charge on any atom is -0.493 e. The van der Waals surface area contributed by atoms with E-state index in [9.17, 15) is 0 Å². The number of aromatic nitrogens is 2. The molecule has 0 aliphatic rings. The molecule has 1 heterocycles. The van der Waals surface area contributed by atoms with Crippen molar-refractivity contribution >= 4 is 11.3 Å². The summed E-state index contributed by atoms with van der Waals surface area (Å²) in [7, 11) is 3.22. The van der Waals surface area contributed by atoms with E-state index < -0.39 is 0 Å². The third-order valence-electron chi connectivity index (χ3n) is 2.83. The molecule has 1 aromatic heterocycles. The molecular formula is C13H17N3O2S. The lowest BCUT2D eigenvalue weighted by Gasteiger charge is -2.10. The van der Waals surface area contributed by atoms with Crippen LogP contribution in [-0.4, -0.2) is 24.4 Å². The van der Waals surface area contributed by atoms with Crippen LogP contribution >= 0.6 is 11.3 Å². The van der Waals surface area contributed by atoms with Crippen LogP contribution in [0.25, 0.3) is 10.6 Å².